The van der Waals surface area contributed by atoms with E-state index in [1.807, 2.05) is 11.9 Å². The molecule has 0 aromatic heterocycles. The lowest BCUT2D eigenvalue weighted by atomic mass is 10.2. The Hall–Kier alpha value is -1.34. The molecule has 0 aromatic carbocycles. The Balaban J connectivity index is 1.76. The molecule has 2 aliphatic rings. The molecule has 2 saturated heterocycles. The van der Waals surface area contributed by atoms with Gasteiger partial charge in [-0.2, -0.15) is 0 Å². The smallest absolute Gasteiger partial charge is 0.251 e. The normalized spacial score (nSPS) is 22.0. The minimum absolute atomic E-state index is 0.162. The van der Waals surface area contributed by atoms with E-state index in [9.17, 15) is 4.79 Å². The molecule has 2 fully saturated rings. The van der Waals surface area contributed by atoms with E-state index in [0.29, 0.717) is 12.1 Å². The standard InChI is InChI=1S/C19H37N5O2/c1-15(2)24(16(3)4)9-8-21-19(20-5)23-12-10-22(11-13-23)18(25)17-7-6-14-26-17/h15-17H,6-14H2,1-5H3,(H,20,21). The molecule has 0 radical (unpaired) electrons. The Bertz CT molecular complexity index is 459. The molecule has 2 aliphatic heterocycles. The number of ether oxygens (including phenoxy) is 1. The number of carbonyl (C=O) groups is 1. The van der Waals surface area contributed by atoms with E-state index in [0.717, 1.165) is 64.7 Å². The number of hydrogen-bond acceptors (Lipinski definition) is 4. The van der Waals surface area contributed by atoms with Crippen LogP contribution in [-0.2, 0) is 9.53 Å². The molecule has 7 heteroatoms. The van der Waals surface area contributed by atoms with Gasteiger partial charge in [0.15, 0.2) is 5.96 Å². The third-order valence-corrected chi connectivity index (χ3v) is 5.29. The van der Waals surface area contributed by atoms with Crippen LogP contribution in [0.4, 0.5) is 0 Å². The predicted octanol–water partition coefficient (Wildman–Crippen LogP) is 1.00. The summed E-state index contributed by atoms with van der Waals surface area (Å²) >= 11 is 0. The molecular formula is C19H37N5O2. The van der Waals surface area contributed by atoms with Gasteiger partial charge in [-0.1, -0.05) is 0 Å². The van der Waals surface area contributed by atoms with Crippen molar-refractivity contribution in [2.45, 2.75) is 58.7 Å². The minimum atomic E-state index is -0.211. The highest BCUT2D eigenvalue weighted by molar-refractivity contribution is 5.82. The van der Waals surface area contributed by atoms with Gasteiger partial charge in [-0.25, -0.2) is 0 Å². The van der Waals surface area contributed by atoms with E-state index in [2.05, 4.69) is 47.8 Å². The number of nitrogens with one attached hydrogen (secondary N) is 1. The summed E-state index contributed by atoms with van der Waals surface area (Å²) in [6.45, 7) is 14.6. The fraction of sp³-hybridized carbons (Fsp3) is 0.895. The van der Waals surface area contributed by atoms with Crippen molar-refractivity contribution in [3.63, 3.8) is 0 Å². The first-order valence-electron chi connectivity index (χ1n) is 10.1. The Labute approximate surface area is 158 Å². The van der Waals surface area contributed by atoms with Crippen LogP contribution in [0.2, 0.25) is 0 Å². The van der Waals surface area contributed by atoms with Crippen LogP contribution in [0.3, 0.4) is 0 Å². The van der Waals surface area contributed by atoms with E-state index in [4.69, 9.17) is 4.74 Å². The SMILES string of the molecule is CN=C(NCCN(C(C)C)C(C)C)N1CCN(C(=O)C2CCCO2)CC1. The van der Waals surface area contributed by atoms with Crippen molar-refractivity contribution >= 4 is 11.9 Å². The van der Waals surface area contributed by atoms with Crippen LogP contribution in [0.5, 0.6) is 0 Å². The lowest BCUT2D eigenvalue weighted by Gasteiger charge is -2.37. The van der Waals surface area contributed by atoms with Gasteiger partial charge in [0.1, 0.15) is 6.10 Å². The van der Waals surface area contributed by atoms with Crippen LogP contribution in [0.25, 0.3) is 0 Å². The predicted molar refractivity (Wildman–Crippen MR) is 105 cm³/mol. The number of carbonyl (C=O) groups excluding carboxylic acids is 1. The van der Waals surface area contributed by atoms with Crippen LogP contribution in [0.15, 0.2) is 4.99 Å². The quantitative estimate of drug-likeness (QED) is 0.561. The molecule has 1 amide bonds. The van der Waals surface area contributed by atoms with E-state index in [1.54, 1.807) is 0 Å². The molecule has 150 valence electrons. The highest BCUT2D eigenvalue weighted by Gasteiger charge is 2.30. The summed E-state index contributed by atoms with van der Waals surface area (Å²) in [5, 5.41) is 3.48. The Morgan fingerprint density at radius 1 is 1.15 bits per heavy atom. The summed E-state index contributed by atoms with van der Waals surface area (Å²) in [5.41, 5.74) is 0. The van der Waals surface area contributed by atoms with Gasteiger partial charge >= 0.3 is 0 Å². The molecule has 7 nitrogen and oxygen atoms in total. The van der Waals surface area contributed by atoms with Crippen LogP contribution in [0, 0.1) is 0 Å². The lowest BCUT2D eigenvalue weighted by molar-refractivity contribution is -0.142. The van der Waals surface area contributed by atoms with E-state index >= 15 is 0 Å². The molecule has 0 spiro atoms. The van der Waals surface area contributed by atoms with Crippen molar-refractivity contribution < 1.29 is 9.53 Å². The summed E-state index contributed by atoms with van der Waals surface area (Å²) in [4.78, 5) is 23.5. The monoisotopic (exact) mass is 367 g/mol. The van der Waals surface area contributed by atoms with Crippen molar-refractivity contribution in [3.8, 4) is 0 Å². The largest absolute Gasteiger partial charge is 0.368 e. The van der Waals surface area contributed by atoms with Crippen molar-refractivity contribution in [1.29, 1.82) is 0 Å². The number of rotatable bonds is 6. The second-order valence-electron chi connectivity index (χ2n) is 7.71. The third-order valence-electron chi connectivity index (χ3n) is 5.29. The van der Waals surface area contributed by atoms with Gasteiger partial charge in [0.05, 0.1) is 0 Å². The van der Waals surface area contributed by atoms with Gasteiger partial charge in [-0.05, 0) is 40.5 Å². The van der Waals surface area contributed by atoms with Crippen LogP contribution in [-0.4, -0.2) is 97.7 Å². The van der Waals surface area contributed by atoms with Crippen LogP contribution < -0.4 is 5.32 Å². The maximum Gasteiger partial charge on any atom is 0.251 e. The Kier molecular flexibility index (Phi) is 8.15. The number of guanidine groups is 1. The van der Waals surface area contributed by atoms with Gasteiger partial charge < -0.3 is 19.9 Å². The summed E-state index contributed by atoms with van der Waals surface area (Å²) < 4.78 is 5.53. The molecule has 0 bridgehead atoms. The number of aliphatic imine (C=N–C) groups is 1. The molecule has 1 N–H and O–H groups in total. The fourth-order valence-electron chi connectivity index (χ4n) is 3.86. The zero-order chi connectivity index (χ0) is 19.1. The molecule has 1 atom stereocenters. The first kappa shape index (κ1) is 21.0. The maximum absolute atomic E-state index is 12.5. The average Bonchev–Trinajstić information content (AvgIpc) is 3.15. The topological polar surface area (TPSA) is 60.4 Å². The van der Waals surface area contributed by atoms with Crippen molar-refractivity contribution in [2.75, 3.05) is 52.9 Å². The summed E-state index contributed by atoms with van der Waals surface area (Å²) in [6.07, 6.45) is 1.65. The molecule has 0 saturated carbocycles. The molecule has 2 rings (SSSR count). The van der Waals surface area contributed by atoms with Crippen molar-refractivity contribution in [3.05, 3.63) is 0 Å². The first-order valence-corrected chi connectivity index (χ1v) is 10.1. The molecule has 2 heterocycles. The van der Waals surface area contributed by atoms with E-state index < -0.39 is 0 Å². The molecular weight excluding hydrogens is 330 g/mol. The Morgan fingerprint density at radius 3 is 2.27 bits per heavy atom. The average molecular weight is 368 g/mol. The maximum atomic E-state index is 12.5. The number of hydrogen-bond donors (Lipinski definition) is 1. The van der Waals surface area contributed by atoms with Crippen molar-refractivity contribution in [2.24, 2.45) is 4.99 Å². The van der Waals surface area contributed by atoms with Gasteiger partial charge in [0.25, 0.3) is 5.91 Å². The molecule has 1 unspecified atom stereocenters. The van der Waals surface area contributed by atoms with Crippen LogP contribution >= 0.6 is 0 Å². The second-order valence-corrected chi connectivity index (χ2v) is 7.71. The van der Waals surface area contributed by atoms with Gasteiger partial charge in [0, 0.05) is 65.0 Å². The van der Waals surface area contributed by atoms with Crippen LogP contribution in [0.1, 0.15) is 40.5 Å². The molecule has 0 aliphatic carbocycles. The zero-order valence-electron chi connectivity index (χ0n) is 17.2. The fourth-order valence-corrected chi connectivity index (χ4v) is 3.86. The number of piperazine rings is 1. The molecule has 26 heavy (non-hydrogen) atoms. The summed E-state index contributed by atoms with van der Waals surface area (Å²) in [7, 11) is 1.83. The summed E-state index contributed by atoms with van der Waals surface area (Å²) in [5.74, 6) is 1.09. The molecule has 0 aromatic rings. The second kappa shape index (κ2) is 10.1. The van der Waals surface area contributed by atoms with E-state index in [-0.39, 0.29) is 12.0 Å². The Morgan fingerprint density at radius 2 is 1.77 bits per heavy atom. The zero-order valence-corrected chi connectivity index (χ0v) is 17.2. The first-order chi connectivity index (χ1) is 12.4. The van der Waals surface area contributed by atoms with Gasteiger partial charge in [0.2, 0.25) is 0 Å². The van der Waals surface area contributed by atoms with Crippen molar-refractivity contribution in [1.82, 2.24) is 20.0 Å². The number of nitrogens with zero attached hydrogens (tertiary/aromatic N) is 4. The highest BCUT2D eigenvalue weighted by Crippen LogP contribution is 2.16. The van der Waals surface area contributed by atoms with Gasteiger partial charge in [-0.15, -0.1) is 0 Å². The lowest BCUT2D eigenvalue weighted by Crippen LogP contribution is -2.56. The third kappa shape index (κ3) is 5.58. The summed E-state index contributed by atoms with van der Waals surface area (Å²) in [6, 6.07) is 1.07. The number of amides is 1. The minimum Gasteiger partial charge on any atom is -0.368 e. The van der Waals surface area contributed by atoms with E-state index in [1.165, 1.54) is 0 Å². The van der Waals surface area contributed by atoms with Gasteiger partial charge in [-0.3, -0.25) is 14.7 Å². The highest BCUT2D eigenvalue weighted by atomic mass is 16.5.